The van der Waals surface area contributed by atoms with Crippen molar-refractivity contribution in [3.05, 3.63) is 0 Å². The van der Waals surface area contributed by atoms with Gasteiger partial charge in [-0.2, -0.15) is 0 Å². The number of rotatable bonds is 4. The summed E-state index contributed by atoms with van der Waals surface area (Å²) < 4.78 is 4.64. The molecule has 0 bridgehead atoms. The smallest absolute Gasteiger partial charge is 0.307 e. The molecule has 0 saturated carbocycles. The average molecular weight is 201 g/mol. The molecule has 2 atom stereocenters. The van der Waals surface area contributed by atoms with E-state index in [1.54, 1.807) is 0 Å². The molecule has 1 aliphatic rings. The van der Waals surface area contributed by atoms with Crippen molar-refractivity contribution in [1.29, 1.82) is 0 Å². The zero-order chi connectivity index (χ0) is 10.6. The first-order chi connectivity index (χ1) is 6.69. The van der Waals surface area contributed by atoms with E-state index in [2.05, 4.69) is 9.64 Å². The van der Waals surface area contributed by atoms with Gasteiger partial charge in [0, 0.05) is 18.7 Å². The third-order valence-electron chi connectivity index (χ3n) is 3.08. The van der Waals surface area contributed by atoms with Crippen molar-refractivity contribution in [2.45, 2.75) is 37.8 Å². The number of carbonyl (C=O) groups excluding carboxylic acids is 1. The summed E-state index contributed by atoms with van der Waals surface area (Å²) in [7, 11) is 3.43. The molecule has 0 aromatic carbocycles. The Bertz CT molecular complexity index is 196. The van der Waals surface area contributed by atoms with Gasteiger partial charge in [-0.1, -0.05) is 0 Å². The molecule has 1 fully saturated rings. The van der Waals surface area contributed by atoms with Crippen LogP contribution < -0.4 is 0 Å². The second kappa shape index (κ2) is 5.32. The average Bonchev–Trinajstić information content (AvgIpc) is 2.50. The highest BCUT2D eigenvalue weighted by Crippen LogP contribution is 2.26. The third-order valence-corrected chi connectivity index (χ3v) is 3.08. The molecule has 1 heterocycles. The standard InChI is InChI=1S/C10H19NO3/c1-11-8(5-6-12)3-4-9(11)7-10(13)14-2/h8-9,12H,3-7H2,1-2H3/t8-,9+/m1/s1. The van der Waals surface area contributed by atoms with Gasteiger partial charge in [-0.25, -0.2) is 0 Å². The van der Waals surface area contributed by atoms with E-state index in [1.807, 2.05) is 7.05 Å². The minimum Gasteiger partial charge on any atom is -0.469 e. The normalized spacial score (nSPS) is 27.9. The summed E-state index contributed by atoms with van der Waals surface area (Å²) in [5.41, 5.74) is 0. The topological polar surface area (TPSA) is 49.8 Å². The molecule has 0 aliphatic carbocycles. The van der Waals surface area contributed by atoms with Gasteiger partial charge in [-0.3, -0.25) is 9.69 Å². The van der Waals surface area contributed by atoms with Crippen LogP contribution in [0.2, 0.25) is 0 Å². The fourth-order valence-corrected chi connectivity index (χ4v) is 2.11. The van der Waals surface area contributed by atoms with Crippen LogP contribution in [0, 0.1) is 0 Å². The predicted molar refractivity (Wildman–Crippen MR) is 52.9 cm³/mol. The number of hydrogen-bond donors (Lipinski definition) is 1. The Hall–Kier alpha value is -0.610. The van der Waals surface area contributed by atoms with Crippen LogP contribution in [0.1, 0.15) is 25.7 Å². The third kappa shape index (κ3) is 2.69. The van der Waals surface area contributed by atoms with E-state index in [4.69, 9.17) is 5.11 Å². The number of likely N-dealkylation sites (tertiary alicyclic amines) is 1. The first-order valence-corrected chi connectivity index (χ1v) is 5.08. The maximum Gasteiger partial charge on any atom is 0.307 e. The first kappa shape index (κ1) is 11.5. The molecule has 14 heavy (non-hydrogen) atoms. The molecule has 0 aromatic rings. The van der Waals surface area contributed by atoms with Crippen molar-refractivity contribution in [3.8, 4) is 0 Å². The van der Waals surface area contributed by atoms with Crippen molar-refractivity contribution in [1.82, 2.24) is 4.90 Å². The molecule has 0 aromatic heterocycles. The highest BCUT2D eigenvalue weighted by molar-refractivity contribution is 5.69. The number of ether oxygens (including phenoxy) is 1. The number of nitrogens with zero attached hydrogens (tertiary/aromatic N) is 1. The summed E-state index contributed by atoms with van der Waals surface area (Å²) in [6.07, 6.45) is 3.36. The Balaban J connectivity index is 2.38. The van der Waals surface area contributed by atoms with Gasteiger partial charge in [0.15, 0.2) is 0 Å². The zero-order valence-electron chi connectivity index (χ0n) is 8.90. The lowest BCUT2D eigenvalue weighted by atomic mass is 10.1. The van der Waals surface area contributed by atoms with Gasteiger partial charge < -0.3 is 9.84 Å². The quantitative estimate of drug-likeness (QED) is 0.669. The number of carbonyl (C=O) groups is 1. The highest BCUT2D eigenvalue weighted by atomic mass is 16.5. The summed E-state index contributed by atoms with van der Waals surface area (Å²) in [4.78, 5) is 13.3. The van der Waals surface area contributed by atoms with Gasteiger partial charge in [0.1, 0.15) is 0 Å². The molecule has 0 amide bonds. The molecule has 1 rings (SSSR count). The van der Waals surface area contributed by atoms with Crippen LogP contribution in [0.25, 0.3) is 0 Å². The van der Waals surface area contributed by atoms with E-state index >= 15 is 0 Å². The lowest BCUT2D eigenvalue weighted by Crippen LogP contribution is -2.34. The largest absolute Gasteiger partial charge is 0.469 e. The number of methoxy groups -OCH3 is 1. The molecule has 1 aliphatic heterocycles. The number of esters is 1. The molecular formula is C10H19NO3. The maximum atomic E-state index is 11.1. The molecule has 0 radical (unpaired) electrons. The van der Waals surface area contributed by atoms with E-state index in [0.29, 0.717) is 18.5 Å². The van der Waals surface area contributed by atoms with Crippen molar-refractivity contribution in [2.24, 2.45) is 0 Å². The van der Waals surface area contributed by atoms with Crippen LogP contribution in [0.3, 0.4) is 0 Å². The predicted octanol–water partition coefficient (Wildman–Crippen LogP) is 0.395. The molecule has 0 spiro atoms. The van der Waals surface area contributed by atoms with Crippen molar-refractivity contribution < 1.29 is 14.6 Å². The van der Waals surface area contributed by atoms with Crippen LogP contribution in [0.15, 0.2) is 0 Å². The maximum absolute atomic E-state index is 11.1. The number of aliphatic hydroxyl groups is 1. The highest BCUT2D eigenvalue weighted by Gasteiger charge is 2.31. The van der Waals surface area contributed by atoms with E-state index in [0.717, 1.165) is 19.3 Å². The molecule has 1 N–H and O–H groups in total. The van der Waals surface area contributed by atoms with Crippen LogP contribution in [-0.4, -0.2) is 48.8 Å². The lowest BCUT2D eigenvalue weighted by Gasteiger charge is -2.24. The fourth-order valence-electron chi connectivity index (χ4n) is 2.11. The fraction of sp³-hybridized carbons (Fsp3) is 0.900. The monoisotopic (exact) mass is 201 g/mol. The van der Waals surface area contributed by atoms with Crippen LogP contribution >= 0.6 is 0 Å². The second-order valence-electron chi connectivity index (χ2n) is 3.84. The van der Waals surface area contributed by atoms with Crippen LogP contribution in [0.4, 0.5) is 0 Å². The molecule has 82 valence electrons. The molecule has 4 nitrogen and oxygen atoms in total. The Morgan fingerprint density at radius 2 is 2.14 bits per heavy atom. The minimum absolute atomic E-state index is 0.147. The Labute approximate surface area is 84.8 Å². The molecule has 4 heteroatoms. The van der Waals surface area contributed by atoms with Gasteiger partial charge in [-0.15, -0.1) is 0 Å². The number of aliphatic hydroxyl groups excluding tert-OH is 1. The SMILES string of the molecule is COC(=O)C[C@@H]1CC[C@H](CCO)N1C. The summed E-state index contributed by atoms with van der Waals surface area (Å²) in [6, 6.07) is 0.716. The molecule has 0 unspecified atom stereocenters. The second-order valence-corrected chi connectivity index (χ2v) is 3.84. The molecule has 1 saturated heterocycles. The van der Waals surface area contributed by atoms with Gasteiger partial charge in [-0.05, 0) is 26.3 Å². The van der Waals surface area contributed by atoms with Gasteiger partial charge in [0.25, 0.3) is 0 Å². The first-order valence-electron chi connectivity index (χ1n) is 5.08. The van der Waals surface area contributed by atoms with E-state index in [9.17, 15) is 4.79 Å². The molecular weight excluding hydrogens is 182 g/mol. The summed E-state index contributed by atoms with van der Waals surface area (Å²) in [5, 5.41) is 8.84. The minimum atomic E-state index is -0.147. The Kier molecular flexibility index (Phi) is 4.35. The van der Waals surface area contributed by atoms with E-state index in [1.165, 1.54) is 7.11 Å². The van der Waals surface area contributed by atoms with Crippen molar-refractivity contribution in [2.75, 3.05) is 20.8 Å². The zero-order valence-corrected chi connectivity index (χ0v) is 8.90. The number of hydrogen-bond acceptors (Lipinski definition) is 4. The summed E-state index contributed by atoms with van der Waals surface area (Å²) in [5.74, 6) is -0.147. The Morgan fingerprint density at radius 3 is 2.71 bits per heavy atom. The lowest BCUT2D eigenvalue weighted by molar-refractivity contribution is -0.141. The van der Waals surface area contributed by atoms with Crippen molar-refractivity contribution >= 4 is 5.97 Å². The van der Waals surface area contributed by atoms with Crippen LogP contribution in [-0.2, 0) is 9.53 Å². The van der Waals surface area contributed by atoms with Gasteiger partial charge in [0.05, 0.1) is 13.5 Å². The van der Waals surface area contributed by atoms with Crippen LogP contribution in [0.5, 0.6) is 0 Å². The summed E-state index contributed by atoms with van der Waals surface area (Å²) >= 11 is 0. The van der Waals surface area contributed by atoms with Crippen molar-refractivity contribution in [3.63, 3.8) is 0 Å². The van der Waals surface area contributed by atoms with Gasteiger partial charge >= 0.3 is 5.97 Å². The summed E-state index contributed by atoms with van der Waals surface area (Å²) in [6.45, 7) is 0.222. The van der Waals surface area contributed by atoms with E-state index in [-0.39, 0.29) is 12.6 Å². The van der Waals surface area contributed by atoms with Gasteiger partial charge in [0.2, 0.25) is 0 Å². The Morgan fingerprint density at radius 1 is 1.50 bits per heavy atom. The van der Waals surface area contributed by atoms with E-state index < -0.39 is 0 Å².